The minimum atomic E-state index is -0.753. The highest BCUT2D eigenvalue weighted by Gasteiger charge is 2.15. The van der Waals surface area contributed by atoms with E-state index in [1.807, 2.05) is 26.1 Å². The first-order valence-electron chi connectivity index (χ1n) is 14.8. The number of nitrogens with one attached hydrogen (secondary N) is 2. The number of allylic oxidation sites excluding steroid dienone is 6. The molecule has 0 saturated carbocycles. The standard InChI is InChI=1S/C35H43N3O2/c1-3-32(35(39)40)36-22-10-8-6-4-5-7-9-15-27-16-12-17-28-20-21-29(25-30(28)24-27)31-18-13-23-37-34(31)33-19-11-14-26(2)38-33/h7,9,11,13-14,16-17,19-21,23-25,32,36-37H,3-6,8,10,12,15,18,22H2,1-2H3,(H,39,40)/b9-7+. The number of hydrogen-bond acceptors (Lipinski definition) is 4. The third kappa shape index (κ3) is 8.40. The summed E-state index contributed by atoms with van der Waals surface area (Å²) in [7, 11) is 0. The molecule has 2 heterocycles. The van der Waals surface area contributed by atoms with Gasteiger partial charge in [-0.25, -0.2) is 0 Å². The summed E-state index contributed by atoms with van der Waals surface area (Å²) in [6.45, 7) is 4.71. The quantitative estimate of drug-likeness (QED) is 0.203. The molecule has 1 unspecified atom stereocenters. The fourth-order valence-electron chi connectivity index (χ4n) is 5.25. The van der Waals surface area contributed by atoms with Gasteiger partial charge in [0.05, 0.1) is 11.4 Å². The minimum Gasteiger partial charge on any atom is -0.480 e. The molecule has 1 aliphatic heterocycles. The number of pyridine rings is 1. The maximum atomic E-state index is 11.1. The summed E-state index contributed by atoms with van der Waals surface area (Å²) in [6, 6.07) is 12.6. The molecule has 0 radical (unpaired) electrons. The number of fused-ring (bicyclic) bond motifs is 1. The van der Waals surface area contributed by atoms with Crippen LogP contribution in [-0.4, -0.2) is 28.6 Å². The molecular formula is C35H43N3O2. The van der Waals surface area contributed by atoms with Gasteiger partial charge in [0.1, 0.15) is 6.04 Å². The van der Waals surface area contributed by atoms with Crippen LogP contribution in [0.2, 0.25) is 0 Å². The molecule has 40 heavy (non-hydrogen) atoms. The Kier molecular flexibility index (Phi) is 11.1. The SMILES string of the molecule is CCC(NCCCCCC/C=C/CC1=CCC=c2ccc(C3=C(c4cccc(C)n4)NC=CC3)cc2=C1)C(=O)O. The Hall–Kier alpha value is -3.70. The van der Waals surface area contributed by atoms with Gasteiger partial charge in [-0.3, -0.25) is 9.78 Å². The number of aliphatic carboxylic acids is 1. The summed E-state index contributed by atoms with van der Waals surface area (Å²) in [5.74, 6) is -0.753. The zero-order valence-electron chi connectivity index (χ0n) is 24.0. The van der Waals surface area contributed by atoms with E-state index >= 15 is 0 Å². The predicted octanol–water partition coefficient (Wildman–Crippen LogP) is 6.01. The van der Waals surface area contributed by atoms with Crippen LogP contribution in [-0.2, 0) is 4.79 Å². The van der Waals surface area contributed by atoms with E-state index in [-0.39, 0.29) is 0 Å². The van der Waals surface area contributed by atoms with Crippen LogP contribution in [0.4, 0.5) is 0 Å². The number of nitrogens with zero attached hydrogens (tertiary/aromatic N) is 1. The molecule has 0 saturated heterocycles. The highest BCUT2D eigenvalue weighted by molar-refractivity contribution is 5.91. The third-order valence-electron chi connectivity index (χ3n) is 7.52. The number of unbranched alkanes of at least 4 members (excludes halogenated alkanes) is 4. The van der Waals surface area contributed by atoms with Gasteiger partial charge in [0.2, 0.25) is 0 Å². The van der Waals surface area contributed by atoms with Gasteiger partial charge in [-0.2, -0.15) is 0 Å². The van der Waals surface area contributed by atoms with Crippen LogP contribution in [0, 0.1) is 6.92 Å². The molecule has 0 spiro atoms. The molecule has 0 bridgehead atoms. The van der Waals surface area contributed by atoms with Crippen molar-refractivity contribution >= 4 is 29.4 Å². The Morgan fingerprint density at radius 3 is 2.80 bits per heavy atom. The number of benzene rings is 1. The lowest BCUT2D eigenvalue weighted by Crippen LogP contribution is -2.36. The van der Waals surface area contributed by atoms with Crippen molar-refractivity contribution in [2.45, 2.75) is 77.7 Å². The number of rotatable bonds is 14. The van der Waals surface area contributed by atoms with Crippen molar-refractivity contribution in [1.82, 2.24) is 15.6 Å². The van der Waals surface area contributed by atoms with E-state index in [0.717, 1.165) is 62.2 Å². The monoisotopic (exact) mass is 537 g/mol. The Morgan fingerprint density at radius 2 is 1.98 bits per heavy atom. The summed E-state index contributed by atoms with van der Waals surface area (Å²) in [5.41, 5.74) is 6.95. The van der Waals surface area contributed by atoms with Crippen LogP contribution in [0.3, 0.4) is 0 Å². The second-order valence-corrected chi connectivity index (χ2v) is 10.6. The number of carboxylic acid groups (broad SMARTS) is 1. The third-order valence-corrected chi connectivity index (χ3v) is 7.52. The van der Waals surface area contributed by atoms with Crippen LogP contribution in [0.5, 0.6) is 0 Å². The first-order valence-corrected chi connectivity index (χ1v) is 14.8. The number of carboxylic acids is 1. The van der Waals surface area contributed by atoms with Gasteiger partial charge in [-0.15, -0.1) is 0 Å². The smallest absolute Gasteiger partial charge is 0.320 e. The number of aromatic nitrogens is 1. The van der Waals surface area contributed by atoms with Crippen molar-refractivity contribution in [3.8, 4) is 0 Å². The van der Waals surface area contributed by atoms with Crippen molar-refractivity contribution in [3.05, 3.63) is 99.9 Å². The number of hydrogen-bond donors (Lipinski definition) is 3. The average Bonchev–Trinajstić information content (AvgIpc) is 3.17. The molecule has 2 aliphatic rings. The fraction of sp³-hybridized carbons (Fsp3) is 0.371. The topological polar surface area (TPSA) is 74.2 Å². The van der Waals surface area contributed by atoms with Crippen LogP contribution >= 0.6 is 0 Å². The van der Waals surface area contributed by atoms with E-state index in [2.05, 4.69) is 77.4 Å². The molecule has 1 aliphatic carbocycles. The van der Waals surface area contributed by atoms with E-state index in [1.54, 1.807) is 0 Å². The number of dihydropyridines is 1. The molecule has 3 N–H and O–H groups in total. The van der Waals surface area contributed by atoms with E-state index < -0.39 is 12.0 Å². The number of carbonyl (C=O) groups is 1. The zero-order chi connectivity index (χ0) is 28.2. The van der Waals surface area contributed by atoms with Gasteiger partial charge in [0, 0.05) is 5.69 Å². The van der Waals surface area contributed by atoms with E-state index in [4.69, 9.17) is 10.1 Å². The van der Waals surface area contributed by atoms with E-state index in [1.165, 1.54) is 40.0 Å². The second-order valence-electron chi connectivity index (χ2n) is 10.6. The lowest BCUT2D eigenvalue weighted by Gasteiger charge is -2.18. The highest BCUT2D eigenvalue weighted by atomic mass is 16.4. The van der Waals surface area contributed by atoms with Gasteiger partial charge in [-0.1, -0.05) is 74.4 Å². The Bertz CT molecular complexity index is 1410. The van der Waals surface area contributed by atoms with Gasteiger partial charge in [-0.05, 0) is 110 Å². The van der Waals surface area contributed by atoms with Gasteiger partial charge in [0.15, 0.2) is 0 Å². The summed E-state index contributed by atoms with van der Waals surface area (Å²) in [5, 5.41) is 18.2. The molecule has 0 fully saturated rings. The van der Waals surface area contributed by atoms with Crippen molar-refractivity contribution in [2.24, 2.45) is 0 Å². The van der Waals surface area contributed by atoms with Crippen molar-refractivity contribution in [1.29, 1.82) is 0 Å². The fourth-order valence-corrected chi connectivity index (χ4v) is 5.25. The highest BCUT2D eigenvalue weighted by Crippen LogP contribution is 2.28. The molecule has 2 aromatic rings. The molecule has 210 valence electrons. The van der Waals surface area contributed by atoms with E-state index in [0.29, 0.717) is 6.42 Å². The molecule has 5 heteroatoms. The normalized spacial score (nSPS) is 15.5. The molecular weight excluding hydrogens is 494 g/mol. The predicted molar refractivity (Wildman–Crippen MR) is 167 cm³/mol. The van der Waals surface area contributed by atoms with Crippen molar-refractivity contribution < 1.29 is 9.90 Å². The van der Waals surface area contributed by atoms with Crippen LogP contribution in [0.15, 0.2) is 72.5 Å². The first-order chi connectivity index (χ1) is 19.5. The maximum absolute atomic E-state index is 11.1. The molecule has 0 amide bonds. The van der Waals surface area contributed by atoms with Gasteiger partial charge in [0.25, 0.3) is 0 Å². The molecule has 1 atom stereocenters. The number of aryl methyl sites for hydroxylation is 1. The van der Waals surface area contributed by atoms with E-state index in [9.17, 15) is 4.79 Å². The first kappa shape index (κ1) is 29.3. The van der Waals surface area contributed by atoms with Gasteiger partial charge >= 0.3 is 5.97 Å². The minimum absolute atomic E-state index is 0.416. The Balaban J connectivity index is 1.33. The summed E-state index contributed by atoms with van der Waals surface area (Å²) >= 11 is 0. The lowest BCUT2D eigenvalue weighted by atomic mass is 9.95. The average molecular weight is 538 g/mol. The molecule has 5 nitrogen and oxygen atoms in total. The van der Waals surface area contributed by atoms with Gasteiger partial charge < -0.3 is 15.7 Å². The molecule has 1 aromatic carbocycles. The summed E-state index contributed by atoms with van der Waals surface area (Å²) in [4.78, 5) is 15.8. The van der Waals surface area contributed by atoms with Crippen LogP contribution in [0.1, 0.15) is 81.7 Å². The van der Waals surface area contributed by atoms with Crippen molar-refractivity contribution in [3.63, 3.8) is 0 Å². The largest absolute Gasteiger partial charge is 0.480 e. The van der Waals surface area contributed by atoms with Crippen LogP contribution < -0.4 is 21.1 Å². The molecule has 1 aromatic heterocycles. The Labute approximate surface area is 238 Å². The maximum Gasteiger partial charge on any atom is 0.320 e. The summed E-state index contributed by atoms with van der Waals surface area (Å²) < 4.78 is 0. The second kappa shape index (κ2) is 15.2. The van der Waals surface area contributed by atoms with Crippen LogP contribution in [0.25, 0.3) is 23.4 Å². The van der Waals surface area contributed by atoms with Crippen molar-refractivity contribution in [2.75, 3.05) is 6.54 Å². The Morgan fingerprint density at radius 1 is 1.10 bits per heavy atom. The molecule has 4 rings (SSSR count). The lowest BCUT2D eigenvalue weighted by molar-refractivity contribution is -0.139. The summed E-state index contributed by atoms with van der Waals surface area (Å²) in [6.07, 6.45) is 24.8. The zero-order valence-corrected chi connectivity index (χ0v) is 24.0.